The van der Waals surface area contributed by atoms with Crippen molar-refractivity contribution in [2.75, 3.05) is 13.2 Å². The summed E-state index contributed by atoms with van der Waals surface area (Å²) in [5.74, 6) is 0. The maximum Gasteiger partial charge on any atom is 0.192 e. The van der Waals surface area contributed by atoms with Crippen LogP contribution in [0.1, 0.15) is 47.0 Å². The Labute approximate surface area is 145 Å². The first-order chi connectivity index (χ1) is 11.2. The summed E-state index contributed by atoms with van der Waals surface area (Å²) in [5.41, 5.74) is 0. The van der Waals surface area contributed by atoms with Crippen LogP contribution in [0.5, 0.6) is 0 Å². The normalized spacial score (nSPS) is 22.1. The second-order valence-electron chi connectivity index (χ2n) is 8.52. The molecule has 0 fully saturated rings. The predicted octanol–water partition coefficient (Wildman–Crippen LogP) is 3.75. The van der Waals surface area contributed by atoms with Gasteiger partial charge in [-0.3, -0.25) is 0 Å². The van der Waals surface area contributed by atoms with Crippen molar-refractivity contribution in [1.29, 1.82) is 0 Å². The van der Waals surface area contributed by atoms with Gasteiger partial charge >= 0.3 is 0 Å². The topological polar surface area (TPSA) is 58.9 Å². The molecular weight excluding hydrogens is 312 g/mol. The van der Waals surface area contributed by atoms with Gasteiger partial charge in [0.05, 0.1) is 14.6 Å². The summed E-state index contributed by atoms with van der Waals surface area (Å²) in [7, 11) is -4.97. The van der Waals surface area contributed by atoms with E-state index in [1.165, 1.54) is 0 Å². The maximum absolute atomic E-state index is 10.3. The molecule has 0 aliphatic carbocycles. The van der Waals surface area contributed by atoms with Gasteiger partial charge in [0.2, 0.25) is 0 Å². The standard InChI is InChI=1S/C16H38O4Si2/c1-15(2,3)21(7,8)19-11-13(17)14(18)12-20-22(9,10)16(4,5)6/h13-14,17-18H,11-12H2,1-10H3/t13-,14-/m0/s1/i1D3,11D/t11?,13-,14-. The third-order valence-electron chi connectivity index (χ3n) is 4.82. The van der Waals surface area contributed by atoms with Crippen LogP contribution in [0.3, 0.4) is 0 Å². The van der Waals surface area contributed by atoms with Crippen LogP contribution in [0.25, 0.3) is 0 Å². The van der Waals surface area contributed by atoms with E-state index in [1.54, 1.807) is 26.9 Å². The highest BCUT2D eigenvalue weighted by Gasteiger charge is 2.39. The highest BCUT2D eigenvalue weighted by Crippen LogP contribution is 2.37. The summed E-state index contributed by atoms with van der Waals surface area (Å²) >= 11 is 0. The van der Waals surface area contributed by atoms with Gasteiger partial charge in [-0.15, -0.1) is 0 Å². The molecule has 22 heavy (non-hydrogen) atoms. The molecule has 1 unspecified atom stereocenters. The van der Waals surface area contributed by atoms with E-state index < -0.39 is 47.3 Å². The van der Waals surface area contributed by atoms with E-state index in [0.717, 1.165) is 0 Å². The van der Waals surface area contributed by atoms with E-state index in [4.69, 9.17) is 14.3 Å². The monoisotopic (exact) mass is 354 g/mol. The van der Waals surface area contributed by atoms with Crippen LogP contribution in [-0.4, -0.2) is 52.2 Å². The molecular formula is C16H38O4Si2. The van der Waals surface area contributed by atoms with E-state index >= 15 is 0 Å². The molecule has 6 heteroatoms. The predicted molar refractivity (Wildman–Crippen MR) is 98.3 cm³/mol. The summed E-state index contributed by atoms with van der Waals surface area (Å²) in [6.45, 7) is 13.2. The number of aliphatic hydroxyl groups excluding tert-OH is 2. The molecule has 0 bridgehead atoms. The number of rotatable bonds is 7. The Morgan fingerprint density at radius 2 is 1.36 bits per heavy atom. The molecule has 0 rings (SSSR count). The lowest BCUT2D eigenvalue weighted by molar-refractivity contribution is -0.0336. The zero-order valence-electron chi connectivity index (χ0n) is 19.7. The summed E-state index contributed by atoms with van der Waals surface area (Å²) in [6, 6.07) is 0. The molecule has 0 heterocycles. The van der Waals surface area contributed by atoms with Gasteiger partial charge in [0.1, 0.15) is 12.2 Å². The molecule has 0 aliphatic rings. The SMILES string of the molecule is [2H]C(O[Si](C)(C)C(C)(C)C([2H])([2H])[2H])[C@H](O)[C@@H](O)CO[Si](C)(C)C(C)(C)C. The highest BCUT2D eigenvalue weighted by molar-refractivity contribution is 6.74. The Balaban J connectivity index is 4.99. The van der Waals surface area contributed by atoms with Crippen molar-refractivity contribution in [2.45, 2.75) is 89.9 Å². The molecule has 0 aliphatic heterocycles. The third-order valence-corrected chi connectivity index (χ3v) is 13.1. The van der Waals surface area contributed by atoms with Gasteiger partial charge in [-0.1, -0.05) is 41.5 Å². The Hall–Kier alpha value is 0.274. The fraction of sp³-hybridized carbons (Fsp3) is 1.00. The van der Waals surface area contributed by atoms with Crippen LogP contribution in [0, 0.1) is 0 Å². The van der Waals surface area contributed by atoms with Crippen molar-refractivity contribution in [2.24, 2.45) is 0 Å². The van der Waals surface area contributed by atoms with Gasteiger partial charge in [-0.25, -0.2) is 0 Å². The first-order valence-electron chi connectivity index (χ1n) is 9.85. The van der Waals surface area contributed by atoms with Crippen LogP contribution >= 0.6 is 0 Å². The van der Waals surface area contributed by atoms with Gasteiger partial charge < -0.3 is 19.1 Å². The van der Waals surface area contributed by atoms with Gasteiger partial charge in [0, 0.05) is 4.11 Å². The van der Waals surface area contributed by atoms with E-state index in [0.29, 0.717) is 0 Å². The smallest absolute Gasteiger partial charge is 0.192 e. The molecule has 4 nitrogen and oxygen atoms in total. The molecule has 0 spiro atoms. The summed E-state index contributed by atoms with van der Waals surface area (Å²) in [4.78, 5) is 0. The van der Waals surface area contributed by atoms with Crippen LogP contribution in [-0.2, 0) is 8.85 Å². The summed E-state index contributed by atoms with van der Waals surface area (Å²) in [6.07, 6.45) is -2.74. The summed E-state index contributed by atoms with van der Waals surface area (Å²) in [5, 5.41) is 19.4. The molecule has 3 atom stereocenters. The molecule has 0 amide bonds. The maximum atomic E-state index is 10.3. The average molecular weight is 355 g/mol. The van der Waals surface area contributed by atoms with Gasteiger partial charge in [0.15, 0.2) is 16.6 Å². The van der Waals surface area contributed by atoms with Gasteiger partial charge in [0.25, 0.3) is 0 Å². The minimum atomic E-state index is -2.88. The van der Waals surface area contributed by atoms with Crippen molar-refractivity contribution in [3.05, 3.63) is 0 Å². The lowest BCUT2D eigenvalue weighted by atomic mass is 10.2. The minimum absolute atomic E-state index is 0.0345. The van der Waals surface area contributed by atoms with Crippen LogP contribution < -0.4 is 0 Å². The Morgan fingerprint density at radius 3 is 1.77 bits per heavy atom. The van der Waals surface area contributed by atoms with E-state index in [-0.39, 0.29) is 11.6 Å². The zero-order valence-corrected chi connectivity index (χ0v) is 17.7. The molecule has 0 saturated heterocycles. The van der Waals surface area contributed by atoms with Gasteiger partial charge in [-0.2, -0.15) is 0 Å². The van der Waals surface area contributed by atoms with Crippen LogP contribution in [0.2, 0.25) is 36.3 Å². The molecule has 2 N–H and O–H groups in total. The fourth-order valence-corrected chi connectivity index (χ4v) is 2.88. The molecule has 134 valence electrons. The van der Waals surface area contributed by atoms with Gasteiger partial charge in [-0.05, 0) is 36.3 Å². The first kappa shape index (κ1) is 15.8. The Morgan fingerprint density at radius 1 is 0.909 bits per heavy atom. The number of hydrogen-bond donors (Lipinski definition) is 2. The lowest BCUT2D eigenvalue weighted by Gasteiger charge is -2.38. The quantitative estimate of drug-likeness (QED) is 0.684. The van der Waals surface area contributed by atoms with E-state index in [2.05, 4.69) is 20.8 Å². The minimum Gasteiger partial charge on any atom is -0.414 e. The highest BCUT2D eigenvalue weighted by atomic mass is 28.4. The molecule has 0 aromatic rings. The first-order valence-corrected chi connectivity index (χ1v) is 13.6. The second-order valence-corrected chi connectivity index (χ2v) is 17.8. The summed E-state index contributed by atoms with van der Waals surface area (Å²) < 4.78 is 42.8. The van der Waals surface area contributed by atoms with Crippen molar-refractivity contribution in [3.63, 3.8) is 0 Å². The van der Waals surface area contributed by atoms with Crippen molar-refractivity contribution >= 4 is 16.6 Å². The van der Waals surface area contributed by atoms with E-state index in [1.807, 2.05) is 13.1 Å². The largest absolute Gasteiger partial charge is 0.414 e. The molecule has 0 aromatic heterocycles. The van der Waals surface area contributed by atoms with Crippen molar-refractivity contribution in [1.82, 2.24) is 0 Å². The Bertz CT molecular complexity index is 462. The molecule has 0 radical (unpaired) electrons. The number of hydrogen-bond acceptors (Lipinski definition) is 4. The second kappa shape index (κ2) is 7.44. The fourth-order valence-electron chi connectivity index (χ4n) is 1.09. The zero-order chi connectivity index (χ0) is 21.4. The van der Waals surface area contributed by atoms with Crippen molar-refractivity contribution in [3.8, 4) is 0 Å². The molecule has 0 aromatic carbocycles. The van der Waals surface area contributed by atoms with Crippen LogP contribution in [0.4, 0.5) is 0 Å². The van der Waals surface area contributed by atoms with Crippen molar-refractivity contribution < 1.29 is 24.5 Å². The third kappa shape index (κ3) is 6.41. The molecule has 0 saturated carbocycles. The lowest BCUT2D eigenvalue weighted by Crippen LogP contribution is -2.47. The number of aliphatic hydroxyl groups is 2. The van der Waals surface area contributed by atoms with E-state index in [9.17, 15) is 10.2 Å². The average Bonchev–Trinajstić information content (AvgIpc) is 2.40. The van der Waals surface area contributed by atoms with Crippen LogP contribution in [0.15, 0.2) is 0 Å². The Kier molecular flexibility index (Phi) is 5.34.